The molecule has 96 valence electrons. The Hall–Kier alpha value is -2.34. The molecule has 0 atom stereocenters. The van der Waals surface area contributed by atoms with Gasteiger partial charge in [-0.25, -0.2) is 0 Å². The van der Waals surface area contributed by atoms with Gasteiger partial charge in [-0.15, -0.1) is 0 Å². The lowest BCUT2D eigenvalue weighted by Gasteiger charge is -2.25. The Morgan fingerprint density at radius 3 is 2.58 bits per heavy atom. The Morgan fingerprint density at radius 1 is 1.21 bits per heavy atom. The van der Waals surface area contributed by atoms with Crippen LogP contribution in [-0.2, 0) is 10.2 Å². The van der Waals surface area contributed by atoms with Gasteiger partial charge in [0.15, 0.2) is 6.07 Å². The van der Waals surface area contributed by atoms with Crippen LogP contribution < -0.4 is 5.32 Å². The second kappa shape index (κ2) is 5.11. The van der Waals surface area contributed by atoms with Gasteiger partial charge in [0.2, 0.25) is 0 Å². The zero-order valence-electron chi connectivity index (χ0n) is 11.1. The first-order valence-electron chi connectivity index (χ1n) is 6.20. The highest BCUT2D eigenvalue weighted by Crippen LogP contribution is 2.26. The number of carbonyl (C=O) groups is 1. The number of hydrogen-bond acceptors (Lipinski definition) is 2. The lowest BCUT2D eigenvalue weighted by molar-refractivity contribution is -0.116. The molecule has 0 bridgehead atoms. The van der Waals surface area contributed by atoms with Gasteiger partial charge in [0, 0.05) is 12.0 Å². The van der Waals surface area contributed by atoms with Crippen LogP contribution in [0, 0.1) is 11.3 Å². The lowest BCUT2D eigenvalue weighted by atomic mass is 9.83. The van der Waals surface area contributed by atoms with E-state index in [1.807, 2.05) is 12.1 Å². The first-order chi connectivity index (χ1) is 9.03. The number of fused-ring (bicyclic) bond motifs is 1. The lowest BCUT2D eigenvalue weighted by Crippen LogP contribution is -2.36. The van der Waals surface area contributed by atoms with Crippen LogP contribution in [-0.4, -0.2) is 12.5 Å². The monoisotopic (exact) mass is 252 g/mol. The minimum absolute atomic E-state index is 0.212. The molecule has 3 heteroatoms. The quantitative estimate of drug-likeness (QED) is 0.854. The van der Waals surface area contributed by atoms with E-state index in [2.05, 4.69) is 49.5 Å². The predicted molar refractivity (Wildman–Crippen MR) is 75.6 cm³/mol. The molecule has 3 nitrogen and oxygen atoms in total. The van der Waals surface area contributed by atoms with Crippen LogP contribution in [0.15, 0.2) is 42.5 Å². The highest BCUT2D eigenvalue weighted by atomic mass is 16.1. The average Bonchev–Trinajstić information content (AvgIpc) is 2.44. The summed E-state index contributed by atoms with van der Waals surface area (Å²) < 4.78 is 0. The second-order valence-corrected chi connectivity index (χ2v) is 5.24. The molecule has 0 heterocycles. The molecule has 2 rings (SSSR count). The standard InChI is InChI=1S/C16H16N2O/c1-16(2,11-18-15(19)10-17)14-8-7-12-5-3-4-6-13(12)9-14/h3-9H,11H2,1-2H3,(H,18,19). The maximum atomic E-state index is 11.0. The summed E-state index contributed by atoms with van der Waals surface area (Å²) in [6, 6.07) is 16.0. The number of nitrogens with zero attached hydrogens (tertiary/aromatic N) is 1. The second-order valence-electron chi connectivity index (χ2n) is 5.24. The number of amides is 1. The molecule has 0 aliphatic carbocycles. The molecule has 0 aliphatic heterocycles. The van der Waals surface area contributed by atoms with E-state index in [1.54, 1.807) is 6.07 Å². The number of nitriles is 1. The van der Waals surface area contributed by atoms with Crippen molar-refractivity contribution in [3.05, 3.63) is 48.0 Å². The first-order valence-corrected chi connectivity index (χ1v) is 6.20. The van der Waals surface area contributed by atoms with E-state index in [0.717, 1.165) is 5.56 Å². The maximum Gasteiger partial charge on any atom is 0.322 e. The largest absolute Gasteiger partial charge is 0.343 e. The molecule has 1 N–H and O–H groups in total. The molecule has 1 amide bonds. The number of hydrogen-bond donors (Lipinski definition) is 1. The van der Waals surface area contributed by atoms with Gasteiger partial charge in [0.1, 0.15) is 0 Å². The first kappa shape index (κ1) is 13.1. The van der Waals surface area contributed by atoms with Crippen molar-refractivity contribution < 1.29 is 4.79 Å². The summed E-state index contributed by atoms with van der Waals surface area (Å²) in [5.74, 6) is -0.589. The Bertz CT molecular complexity index is 653. The molecule has 0 radical (unpaired) electrons. The van der Waals surface area contributed by atoms with Gasteiger partial charge in [0.05, 0.1) is 0 Å². The van der Waals surface area contributed by atoms with Gasteiger partial charge in [-0.2, -0.15) is 5.26 Å². The number of rotatable bonds is 3. The SMILES string of the molecule is CC(C)(CNC(=O)C#N)c1ccc2ccccc2c1. The van der Waals surface area contributed by atoms with Crippen molar-refractivity contribution in [2.45, 2.75) is 19.3 Å². The fraction of sp³-hybridized carbons (Fsp3) is 0.250. The predicted octanol–water partition coefficient (Wildman–Crippen LogP) is 2.76. The third-order valence-corrected chi connectivity index (χ3v) is 3.32. The fourth-order valence-electron chi connectivity index (χ4n) is 2.05. The van der Waals surface area contributed by atoms with Gasteiger partial charge in [-0.3, -0.25) is 4.79 Å². The van der Waals surface area contributed by atoms with Crippen molar-refractivity contribution in [2.75, 3.05) is 6.54 Å². The normalized spacial score (nSPS) is 11.0. The molecule has 0 unspecified atom stereocenters. The van der Waals surface area contributed by atoms with Crippen molar-refractivity contribution >= 4 is 16.7 Å². The molecule has 2 aromatic carbocycles. The van der Waals surface area contributed by atoms with E-state index < -0.39 is 5.91 Å². The molecule has 19 heavy (non-hydrogen) atoms. The summed E-state index contributed by atoms with van der Waals surface area (Å²) in [6.07, 6.45) is 0. The molecule has 0 saturated heterocycles. The minimum atomic E-state index is -0.589. The minimum Gasteiger partial charge on any atom is -0.343 e. The number of nitrogens with one attached hydrogen (secondary N) is 1. The van der Waals surface area contributed by atoms with Crippen molar-refractivity contribution in [3.63, 3.8) is 0 Å². The van der Waals surface area contributed by atoms with E-state index >= 15 is 0 Å². The van der Waals surface area contributed by atoms with E-state index in [-0.39, 0.29) is 5.41 Å². The van der Waals surface area contributed by atoms with Crippen LogP contribution in [0.25, 0.3) is 10.8 Å². The van der Waals surface area contributed by atoms with Crippen LogP contribution in [0.3, 0.4) is 0 Å². The maximum absolute atomic E-state index is 11.0. The Kier molecular flexibility index (Phi) is 3.52. The molecule has 2 aromatic rings. The highest BCUT2D eigenvalue weighted by Gasteiger charge is 2.21. The summed E-state index contributed by atoms with van der Waals surface area (Å²) in [7, 11) is 0. The molecular weight excluding hydrogens is 236 g/mol. The van der Waals surface area contributed by atoms with E-state index in [9.17, 15) is 4.79 Å². The summed E-state index contributed by atoms with van der Waals surface area (Å²) in [5, 5.41) is 13.5. The van der Waals surface area contributed by atoms with Gasteiger partial charge in [0.25, 0.3) is 0 Å². The van der Waals surface area contributed by atoms with E-state index in [4.69, 9.17) is 5.26 Å². The van der Waals surface area contributed by atoms with Crippen molar-refractivity contribution in [1.29, 1.82) is 5.26 Å². The molecule has 0 spiro atoms. The van der Waals surface area contributed by atoms with Crippen LogP contribution in [0.4, 0.5) is 0 Å². The molecule has 0 aromatic heterocycles. The van der Waals surface area contributed by atoms with E-state index in [1.165, 1.54) is 10.8 Å². The highest BCUT2D eigenvalue weighted by molar-refractivity contribution is 5.91. The van der Waals surface area contributed by atoms with E-state index in [0.29, 0.717) is 6.54 Å². The molecule has 0 saturated carbocycles. The number of carbonyl (C=O) groups excluding carboxylic acids is 1. The Balaban J connectivity index is 2.27. The zero-order valence-corrected chi connectivity index (χ0v) is 11.1. The van der Waals surface area contributed by atoms with Crippen molar-refractivity contribution in [2.24, 2.45) is 0 Å². The molecular formula is C16H16N2O. The van der Waals surface area contributed by atoms with Crippen LogP contribution in [0.5, 0.6) is 0 Å². The Labute approximate surface area is 112 Å². The fourth-order valence-corrected chi connectivity index (χ4v) is 2.05. The summed E-state index contributed by atoms with van der Waals surface area (Å²) in [4.78, 5) is 11.0. The third kappa shape index (κ3) is 2.92. The average molecular weight is 252 g/mol. The number of benzene rings is 2. The molecule has 0 aliphatic rings. The van der Waals surface area contributed by atoms with Crippen LogP contribution >= 0.6 is 0 Å². The summed E-state index contributed by atoms with van der Waals surface area (Å²) in [5.41, 5.74) is 0.931. The van der Waals surface area contributed by atoms with Gasteiger partial charge in [-0.05, 0) is 16.3 Å². The zero-order chi connectivity index (χ0) is 13.9. The Morgan fingerprint density at radius 2 is 1.89 bits per heavy atom. The van der Waals surface area contributed by atoms with Gasteiger partial charge in [-0.1, -0.05) is 56.3 Å². The van der Waals surface area contributed by atoms with Crippen molar-refractivity contribution in [1.82, 2.24) is 5.32 Å². The van der Waals surface area contributed by atoms with Gasteiger partial charge < -0.3 is 5.32 Å². The topological polar surface area (TPSA) is 52.9 Å². The molecule has 0 fully saturated rings. The van der Waals surface area contributed by atoms with Crippen LogP contribution in [0.2, 0.25) is 0 Å². The smallest absolute Gasteiger partial charge is 0.322 e. The van der Waals surface area contributed by atoms with Crippen molar-refractivity contribution in [3.8, 4) is 6.07 Å². The van der Waals surface area contributed by atoms with Crippen LogP contribution in [0.1, 0.15) is 19.4 Å². The summed E-state index contributed by atoms with van der Waals surface area (Å²) in [6.45, 7) is 4.54. The summed E-state index contributed by atoms with van der Waals surface area (Å²) >= 11 is 0. The van der Waals surface area contributed by atoms with Gasteiger partial charge >= 0.3 is 5.91 Å². The third-order valence-electron chi connectivity index (χ3n) is 3.32.